The summed E-state index contributed by atoms with van der Waals surface area (Å²) in [5, 5.41) is 0. The molecule has 28 heavy (non-hydrogen) atoms. The smallest absolute Gasteiger partial charge is 0.254 e. The number of likely N-dealkylation sites (tertiary alicyclic amines) is 1. The quantitative estimate of drug-likeness (QED) is 0.779. The molecular formula is C20H32ClN3O3S. The monoisotopic (exact) mass is 429 g/mol. The van der Waals surface area contributed by atoms with Crippen molar-refractivity contribution >= 4 is 28.3 Å². The highest BCUT2D eigenvalue weighted by Crippen LogP contribution is 2.27. The van der Waals surface area contributed by atoms with Crippen LogP contribution in [0.15, 0.2) is 29.2 Å². The molecule has 6 nitrogen and oxygen atoms in total. The van der Waals surface area contributed by atoms with Gasteiger partial charge in [-0.15, -0.1) is 12.4 Å². The lowest BCUT2D eigenvalue weighted by molar-refractivity contribution is 0.0623. The van der Waals surface area contributed by atoms with E-state index in [1.54, 1.807) is 30.1 Å². The van der Waals surface area contributed by atoms with Gasteiger partial charge < -0.3 is 10.6 Å². The lowest BCUT2D eigenvalue weighted by Gasteiger charge is -2.35. The van der Waals surface area contributed by atoms with E-state index in [-0.39, 0.29) is 35.3 Å². The predicted molar refractivity (Wildman–Crippen MR) is 113 cm³/mol. The van der Waals surface area contributed by atoms with Gasteiger partial charge in [0.2, 0.25) is 10.0 Å². The molecule has 1 saturated heterocycles. The highest BCUT2D eigenvalue weighted by molar-refractivity contribution is 7.89. The Bertz CT molecular complexity index is 766. The van der Waals surface area contributed by atoms with E-state index < -0.39 is 10.0 Å². The first kappa shape index (κ1) is 23.1. The number of piperidine rings is 1. The summed E-state index contributed by atoms with van der Waals surface area (Å²) in [5.41, 5.74) is 6.26. The zero-order valence-corrected chi connectivity index (χ0v) is 18.2. The number of nitrogens with zero attached hydrogens (tertiary/aromatic N) is 2. The molecule has 1 amide bonds. The van der Waals surface area contributed by atoms with Crippen molar-refractivity contribution in [3.05, 3.63) is 29.8 Å². The maximum absolute atomic E-state index is 13.1. The van der Waals surface area contributed by atoms with Gasteiger partial charge >= 0.3 is 0 Å². The number of rotatable bonds is 5. The number of amides is 1. The number of benzene rings is 1. The van der Waals surface area contributed by atoms with Gasteiger partial charge in [0.05, 0.1) is 4.90 Å². The Morgan fingerprint density at radius 1 is 1.14 bits per heavy atom. The van der Waals surface area contributed by atoms with Gasteiger partial charge in [-0.1, -0.05) is 25.3 Å². The summed E-state index contributed by atoms with van der Waals surface area (Å²) in [7, 11) is -1.94. The summed E-state index contributed by atoms with van der Waals surface area (Å²) in [5.74, 6) is -0.123. The van der Waals surface area contributed by atoms with Crippen LogP contribution in [0, 0.1) is 0 Å². The molecule has 1 heterocycles. The summed E-state index contributed by atoms with van der Waals surface area (Å²) in [6.07, 6.45) is 8.06. The molecule has 1 unspecified atom stereocenters. The fourth-order valence-electron chi connectivity index (χ4n) is 4.28. The number of halogens is 1. The lowest BCUT2D eigenvalue weighted by Crippen LogP contribution is -2.47. The third kappa shape index (κ3) is 4.87. The van der Waals surface area contributed by atoms with Gasteiger partial charge in [0.15, 0.2) is 0 Å². The predicted octanol–water partition coefficient (Wildman–Crippen LogP) is 3.02. The first-order valence-corrected chi connectivity index (χ1v) is 11.5. The van der Waals surface area contributed by atoms with Gasteiger partial charge in [0.25, 0.3) is 5.91 Å². The van der Waals surface area contributed by atoms with Crippen molar-refractivity contribution in [2.24, 2.45) is 5.73 Å². The highest BCUT2D eigenvalue weighted by atomic mass is 35.5. The van der Waals surface area contributed by atoms with Crippen molar-refractivity contribution in [3.63, 3.8) is 0 Å². The average Bonchev–Trinajstić information content (AvgIpc) is 2.73. The molecule has 2 N–H and O–H groups in total. The Morgan fingerprint density at radius 2 is 1.82 bits per heavy atom. The zero-order chi connectivity index (χ0) is 19.4. The first-order chi connectivity index (χ1) is 12.9. The van der Waals surface area contributed by atoms with E-state index >= 15 is 0 Å². The molecule has 1 atom stereocenters. The van der Waals surface area contributed by atoms with Gasteiger partial charge in [-0.25, -0.2) is 8.42 Å². The van der Waals surface area contributed by atoms with Gasteiger partial charge in [-0.05, 0) is 50.3 Å². The van der Waals surface area contributed by atoms with Crippen LogP contribution in [0.4, 0.5) is 0 Å². The Balaban J connectivity index is 0.00000280. The number of carbonyl (C=O) groups is 1. The fraction of sp³-hybridized carbons (Fsp3) is 0.650. The molecule has 1 aromatic rings. The molecule has 2 aliphatic rings. The second-order valence-corrected chi connectivity index (χ2v) is 9.72. The van der Waals surface area contributed by atoms with Crippen LogP contribution in [0.3, 0.4) is 0 Å². The Kier molecular flexibility index (Phi) is 8.30. The molecule has 0 bridgehead atoms. The van der Waals surface area contributed by atoms with E-state index in [9.17, 15) is 13.2 Å². The van der Waals surface area contributed by atoms with Crippen molar-refractivity contribution < 1.29 is 13.2 Å². The first-order valence-electron chi connectivity index (χ1n) is 10.0. The molecule has 1 aromatic carbocycles. The molecule has 1 aliphatic carbocycles. The van der Waals surface area contributed by atoms with Gasteiger partial charge in [-0.3, -0.25) is 4.79 Å². The molecule has 1 aliphatic heterocycles. The van der Waals surface area contributed by atoms with Crippen molar-refractivity contribution in [2.45, 2.75) is 68.3 Å². The van der Waals surface area contributed by atoms with Crippen LogP contribution in [0.5, 0.6) is 0 Å². The minimum Gasteiger partial charge on any atom is -0.334 e. The summed E-state index contributed by atoms with van der Waals surface area (Å²) in [6.45, 7) is 1.12. The largest absolute Gasteiger partial charge is 0.334 e. The minimum absolute atomic E-state index is 0. The molecule has 158 valence electrons. The standard InChI is InChI=1S/C20H31N3O3S.ClH/c1-22(17-9-3-2-4-10-17)27(25,26)19-12-7-8-16(14-19)20(24)23-13-6-5-11-18(23)15-21;/h7-8,12,14,17-18H,2-6,9-11,13,15,21H2,1H3;1H. The van der Waals surface area contributed by atoms with E-state index in [1.165, 1.54) is 16.8 Å². The van der Waals surface area contributed by atoms with Crippen molar-refractivity contribution in [1.29, 1.82) is 0 Å². The normalized spacial score (nSPS) is 21.4. The van der Waals surface area contributed by atoms with Crippen LogP contribution in [0.1, 0.15) is 61.7 Å². The number of carbonyl (C=O) groups excluding carboxylic acids is 1. The third-order valence-electron chi connectivity index (χ3n) is 6.01. The molecule has 0 radical (unpaired) electrons. The maximum Gasteiger partial charge on any atom is 0.254 e. The summed E-state index contributed by atoms with van der Waals surface area (Å²) < 4.78 is 27.7. The third-order valence-corrected chi connectivity index (χ3v) is 7.91. The van der Waals surface area contributed by atoms with Crippen molar-refractivity contribution in [3.8, 4) is 0 Å². The van der Waals surface area contributed by atoms with Gasteiger partial charge in [-0.2, -0.15) is 4.31 Å². The maximum atomic E-state index is 13.1. The highest BCUT2D eigenvalue weighted by Gasteiger charge is 2.31. The topological polar surface area (TPSA) is 83.7 Å². The second-order valence-electron chi connectivity index (χ2n) is 7.72. The minimum atomic E-state index is -3.61. The SMILES string of the molecule is CN(C1CCCCC1)S(=O)(=O)c1cccc(C(=O)N2CCCCC2CN)c1.Cl. The number of hydrogen-bond donors (Lipinski definition) is 1. The second kappa shape index (κ2) is 10.1. The summed E-state index contributed by atoms with van der Waals surface area (Å²) >= 11 is 0. The Hall–Kier alpha value is -1.15. The van der Waals surface area contributed by atoms with Crippen molar-refractivity contribution in [2.75, 3.05) is 20.1 Å². The van der Waals surface area contributed by atoms with Crippen LogP contribution in [0.25, 0.3) is 0 Å². The Labute approximate surface area is 174 Å². The number of hydrogen-bond acceptors (Lipinski definition) is 4. The van der Waals surface area contributed by atoms with E-state index in [0.29, 0.717) is 18.7 Å². The number of nitrogens with two attached hydrogens (primary N) is 1. The molecular weight excluding hydrogens is 398 g/mol. The summed E-state index contributed by atoms with van der Waals surface area (Å²) in [6, 6.07) is 6.56. The molecule has 2 fully saturated rings. The van der Waals surface area contributed by atoms with E-state index in [2.05, 4.69) is 0 Å². The number of sulfonamides is 1. The Morgan fingerprint density at radius 3 is 2.50 bits per heavy atom. The molecule has 0 aromatic heterocycles. The van der Waals surface area contributed by atoms with Crippen LogP contribution < -0.4 is 5.73 Å². The van der Waals surface area contributed by atoms with Gasteiger partial charge in [0.1, 0.15) is 0 Å². The van der Waals surface area contributed by atoms with E-state index in [0.717, 1.165) is 44.9 Å². The van der Waals surface area contributed by atoms with E-state index in [1.807, 2.05) is 0 Å². The van der Waals surface area contributed by atoms with Crippen LogP contribution in [0.2, 0.25) is 0 Å². The zero-order valence-electron chi connectivity index (χ0n) is 16.5. The summed E-state index contributed by atoms with van der Waals surface area (Å²) in [4.78, 5) is 15.0. The van der Waals surface area contributed by atoms with E-state index in [4.69, 9.17) is 5.73 Å². The fourth-order valence-corrected chi connectivity index (χ4v) is 5.74. The van der Waals surface area contributed by atoms with Crippen LogP contribution in [-0.2, 0) is 10.0 Å². The molecule has 3 rings (SSSR count). The molecule has 1 saturated carbocycles. The molecule has 0 spiro atoms. The van der Waals surface area contributed by atoms with Crippen LogP contribution in [-0.4, -0.2) is 55.8 Å². The molecule has 8 heteroatoms. The van der Waals surface area contributed by atoms with Gasteiger partial charge in [0, 0.05) is 37.8 Å². The lowest BCUT2D eigenvalue weighted by atomic mass is 9.96. The average molecular weight is 430 g/mol. The van der Waals surface area contributed by atoms with Crippen LogP contribution >= 0.6 is 12.4 Å². The van der Waals surface area contributed by atoms with Crippen molar-refractivity contribution in [1.82, 2.24) is 9.21 Å².